The Kier molecular flexibility index (Phi) is 2.23. The standard InChI is InChI=1S/C11H13NO2/c1-7-3-6-9(12-11(7)14-2)10(13)8-4-5-8/h3,6,8H,4-5H2,1-2H3. The predicted molar refractivity (Wildman–Crippen MR) is 52.6 cm³/mol. The molecule has 0 spiro atoms. The van der Waals surface area contributed by atoms with Crippen molar-refractivity contribution in [3.63, 3.8) is 0 Å². The summed E-state index contributed by atoms with van der Waals surface area (Å²) in [5.74, 6) is 0.926. The van der Waals surface area contributed by atoms with Crippen molar-refractivity contribution in [3.05, 3.63) is 23.4 Å². The van der Waals surface area contributed by atoms with Gasteiger partial charge in [-0.1, -0.05) is 6.07 Å². The van der Waals surface area contributed by atoms with Crippen LogP contribution in [-0.4, -0.2) is 17.9 Å². The van der Waals surface area contributed by atoms with Gasteiger partial charge in [-0.25, -0.2) is 4.98 Å². The van der Waals surface area contributed by atoms with E-state index >= 15 is 0 Å². The first-order valence-corrected chi connectivity index (χ1v) is 4.78. The van der Waals surface area contributed by atoms with Crippen LogP contribution < -0.4 is 4.74 Å². The third kappa shape index (κ3) is 1.62. The van der Waals surface area contributed by atoms with Gasteiger partial charge in [-0.3, -0.25) is 4.79 Å². The molecule has 14 heavy (non-hydrogen) atoms. The summed E-state index contributed by atoms with van der Waals surface area (Å²) in [5.41, 5.74) is 1.50. The van der Waals surface area contributed by atoms with E-state index in [2.05, 4.69) is 4.98 Å². The lowest BCUT2D eigenvalue weighted by Gasteiger charge is -2.04. The van der Waals surface area contributed by atoms with Crippen LogP contribution in [0.3, 0.4) is 0 Å². The molecule has 1 fully saturated rings. The summed E-state index contributed by atoms with van der Waals surface area (Å²) in [6.07, 6.45) is 2.02. The Morgan fingerprint density at radius 1 is 1.50 bits per heavy atom. The van der Waals surface area contributed by atoms with Gasteiger partial charge < -0.3 is 4.74 Å². The molecule has 0 radical (unpaired) electrons. The number of methoxy groups -OCH3 is 1. The van der Waals surface area contributed by atoms with Gasteiger partial charge in [-0.15, -0.1) is 0 Å². The summed E-state index contributed by atoms with van der Waals surface area (Å²) in [5, 5.41) is 0. The first-order chi connectivity index (χ1) is 6.72. The van der Waals surface area contributed by atoms with Crippen LogP contribution in [-0.2, 0) is 0 Å². The van der Waals surface area contributed by atoms with Crippen LogP contribution in [0.1, 0.15) is 28.9 Å². The lowest BCUT2D eigenvalue weighted by molar-refractivity contribution is 0.0962. The number of hydrogen-bond acceptors (Lipinski definition) is 3. The van der Waals surface area contributed by atoms with Crippen molar-refractivity contribution in [2.45, 2.75) is 19.8 Å². The molecule has 1 aromatic rings. The molecule has 0 bridgehead atoms. The summed E-state index contributed by atoms with van der Waals surface area (Å²) in [7, 11) is 1.57. The van der Waals surface area contributed by atoms with Crippen LogP contribution in [0.2, 0.25) is 0 Å². The van der Waals surface area contributed by atoms with E-state index in [4.69, 9.17) is 4.74 Å². The summed E-state index contributed by atoms with van der Waals surface area (Å²) in [6.45, 7) is 1.91. The highest BCUT2D eigenvalue weighted by Gasteiger charge is 2.31. The average molecular weight is 191 g/mol. The first-order valence-electron chi connectivity index (χ1n) is 4.78. The number of carbonyl (C=O) groups is 1. The molecule has 1 aromatic heterocycles. The van der Waals surface area contributed by atoms with Crippen LogP contribution in [0.4, 0.5) is 0 Å². The fourth-order valence-electron chi connectivity index (χ4n) is 1.41. The maximum Gasteiger partial charge on any atom is 0.216 e. The number of ether oxygens (including phenoxy) is 1. The Morgan fingerprint density at radius 2 is 2.21 bits per heavy atom. The van der Waals surface area contributed by atoms with Gasteiger partial charge in [0.1, 0.15) is 5.69 Å². The van der Waals surface area contributed by atoms with E-state index in [1.165, 1.54) is 0 Å². The molecule has 0 atom stereocenters. The number of aryl methyl sites for hydroxylation is 1. The van der Waals surface area contributed by atoms with E-state index in [-0.39, 0.29) is 11.7 Å². The molecule has 1 aliphatic rings. The second-order valence-electron chi connectivity index (χ2n) is 3.66. The van der Waals surface area contributed by atoms with Crippen molar-refractivity contribution in [1.29, 1.82) is 0 Å². The number of carbonyl (C=O) groups excluding carboxylic acids is 1. The van der Waals surface area contributed by atoms with Crippen molar-refractivity contribution >= 4 is 5.78 Å². The zero-order valence-corrected chi connectivity index (χ0v) is 8.41. The maximum atomic E-state index is 11.7. The van der Waals surface area contributed by atoms with Crippen molar-refractivity contribution < 1.29 is 9.53 Å². The molecule has 74 valence electrons. The van der Waals surface area contributed by atoms with E-state index in [9.17, 15) is 4.79 Å². The molecule has 0 N–H and O–H groups in total. The molecule has 0 unspecified atom stereocenters. The van der Waals surface area contributed by atoms with E-state index in [1.807, 2.05) is 13.0 Å². The van der Waals surface area contributed by atoms with Crippen molar-refractivity contribution in [2.24, 2.45) is 5.92 Å². The molecular formula is C11H13NO2. The third-order valence-corrected chi connectivity index (χ3v) is 2.44. The molecule has 3 nitrogen and oxygen atoms in total. The zero-order chi connectivity index (χ0) is 10.1. The topological polar surface area (TPSA) is 39.2 Å². The number of hydrogen-bond donors (Lipinski definition) is 0. The van der Waals surface area contributed by atoms with Gasteiger partial charge >= 0.3 is 0 Å². The second-order valence-corrected chi connectivity index (χ2v) is 3.66. The molecule has 0 saturated heterocycles. The van der Waals surface area contributed by atoms with Crippen molar-refractivity contribution in [3.8, 4) is 5.88 Å². The van der Waals surface area contributed by atoms with Crippen LogP contribution in [0, 0.1) is 12.8 Å². The minimum absolute atomic E-state index is 0.156. The first kappa shape index (κ1) is 9.19. The number of pyridine rings is 1. The molecule has 3 heteroatoms. The monoisotopic (exact) mass is 191 g/mol. The Morgan fingerprint density at radius 3 is 2.79 bits per heavy atom. The third-order valence-electron chi connectivity index (χ3n) is 2.44. The highest BCUT2D eigenvalue weighted by molar-refractivity contribution is 5.97. The van der Waals surface area contributed by atoms with Gasteiger partial charge in [0.05, 0.1) is 7.11 Å². The minimum Gasteiger partial charge on any atom is -0.481 e. The summed E-state index contributed by atoms with van der Waals surface area (Å²) in [6, 6.07) is 3.65. The minimum atomic E-state index is 0.156. The highest BCUT2D eigenvalue weighted by Crippen LogP contribution is 2.32. The van der Waals surface area contributed by atoms with Gasteiger partial charge in [0.25, 0.3) is 0 Å². The SMILES string of the molecule is COc1nc(C(=O)C2CC2)ccc1C. The van der Waals surface area contributed by atoms with Gasteiger partial charge in [-0.2, -0.15) is 0 Å². The van der Waals surface area contributed by atoms with E-state index in [0.29, 0.717) is 11.6 Å². The molecular weight excluding hydrogens is 178 g/mol. The van der Waals surface area contributed by atoms with Gasteiger partial charge in [0.2, 0.25) is 5.88 Å². The van der Waals surface area contributed by atoms with E-state index < -0.39 is 0 Å². The molecule has 0 amide bonds. The van der Waals surface area contributed by atoms with Crippen molar-refractivity contribution in [2.75, 3.05) is 7.11 Å². The van der Waals surface area contributed by atoms with Crippen LogP contribution in [0.15, 0.2) is 12.1 Å². The number of nitrogens with zero attached hydrogens (tertiary/aromatic N) is 1. The Bertz CT molecular complexity index is 370. The smallest absolute Gasteiger partial charge is 0.216 e. The molecule has 1 saturated carbocycles. The summed E-state index contributed by atoms with van der Waals surface area (Å²) in [4.78, 5) is 15.8. The highest BCUT2D eigenvalue weighted by atomic mass is 16.5. The predicted octanol–water partition coefficient (Wildman–Crippen LogP) is 1.99. The van der Waals surface area contributed by atoms with Crippen LogP contribution in [0.5, 0.6) is 5.88 Å². The fourth-order valence-corrected chi connectivity index (χ4v) is 1.41. The molecule has 1 heterocycles. The zero-order valence-electron chi connectivity index (χ0n) is 8.41. The quantitative estimate of drug-likeness (QED) is 0.686. The fraction of sp³-hybridized carbons (Fsp3) is 0.455. The normalized spacial score (nSPS) is 15.3. The second kappa shape index (κ2) is 3.40. The molecule has 2 rings (SSSR count). The number of rotatable bonds is 3. The Balaban J connectivity index is 2.29. The largest absolute Gasteiger partial charge is 0.481 e. The van der Waals surface area contributed by atoms with Gasteiger partial charge in [-0.05, 0) is 25.8 Å². The van der Waals surface area contributed by atoms with Crippen LogP contribution in [0.25, 0.3) is 0 Å². The number of aromatic nitrogens is 1. The molecule has 1 aliphatic carbocycles. The lowest BCUT2D eigenvalue weighted by Crippen LogP contribution is -2.05. The molecule has 0 aliphatic heterocycles. The van der Waals surface area contributed by atoms with Crippen LogP contribution >= 0.6 is 0 Å². The maximum absolute atomic E-state index is 11.7. The number of ketones is 1. The van der Waals surface area contributed by atoms with Crippen molar-refractivity contribution in [1.82, 2.24) is 4.98 Å². The van der Waals surface area contributed by atoms with E-state index in [1.54, 1.807) is 13.2 Å². The lowest BCUT2D eigenvalue weighted by atomic mass is 10.1. The Labute approximate surface area is 83.1 Å². The summed E-state index contributed by atoms with van der Waals surface area (Å²) >= 11 is 0. The van der Waals surface area contributed by atoms with E-state index in [0.717, 1.165) is 18.4 Å². The Hall–Kier alpha value is -1.38. The molecule has 0 aromatic carbocycles. The van der Waals surface area contributed by atoms with Gasteiger partial charge in [0.15, 0.2) is 5.78 Å². The summed E-state index contributed by atoms with van der Waals surface area (Å²) < 4.78 is 5.07. The number of Topliss-reactive ketones (excluding diaryl/α,β-unsaturated/α-hetero) is 1. The average Bonchev–Trinajstić information content (AvgIpc) is 3.01. The van der Waals surface area contributed by atoms with Gasteiger partial charge in [0, 0.05) is 11.5 Å².